The lowest BCUT2D eigenvalue weighted by atomic mass is 10.3. The fourth-order valence-corrected chi connectivity index (χ4v) is 3.09. The predicted octanol–water partition coefficient (Wildman–Crippen LogP) is 4.82. The molecule has 0 spiro atoms. The van der Waals surface area contributed by atoms with Crippen LogP contribution in [0.1, 0.15) is 0 Å². The molecule has 0 aliphatic carbocycles. The summed E-state index contributed by atoms with van der Waals surface area (Å²) in [6.45, 7) is 0. The standard InChI is InChI=1S/C19H12ClN5/c20-11-9-16(18-22-12-5-1-2-6-13(12)23-18)21-17(10-11)19-24-14-7-3-4-8-15(14)25-19/h1-10H,(H,22,23)(H,24,25). The molecule has 2 aromatic carbocycles. The van der Waals surface area contributed by atoms with Gasteiger partial charge in [0.05, 0.1) is 22.1 Å². The highest BCUT2D eigenvalue weighted by Crippen LogP contribution is 2.27. The van der Waals surface area contributed by atoms with Gasteiger partial charge in [-0.15, -0.1) is 0 Å². The maximum absolute atomic E-state index is 6.32. The van der Waals surface area contributed by atoms with Gasteiger partial charge in [-0.1, -0.05) is 35.9 Å². The van der Waals surface area contributed by atoms with Crippen molar-refractivity contribution in [3.8, 4) is 23.0 Å². The Labute approximate surface area is 147 Å². The lowest BCUT2D eigenvalue weighted by Gasteiger charge is -2.02. The zero-order valence-corrected chi connectivity index (χ0v) is 13.7. The van der Waals surface area contributed by atoms with E-state index in [-0.39, 0.29) is 0 Å². The van der Waals surface area contributed by atoms with Crippen molar-refractivity contribution in [1.82, 2.24) is 24.9 Å². The van der Waals surface area contributed by atoms with Crippen LogP contribution in [-0.4, -0.2) is 24.9 Å². The van der Waals surface area contributed by atoms with E-state index in [4.69, 9.17) is 16.6 Å². The first-order chi connectivity index (χ1) is 12.3. The van der Waals surface area contributed by atoms with Crippen LogP contribution in [-0.2, 0) is 0 Å². The number of halogens is 1. The fraction of sp³-hybridized carbons (Fsp3) is 0. The lowest BCUT2D eigenvalue weighted by molar-refractivity contribution is 1.20. The van der Waals surface area contributed by atoms with E-state index in [0.29, 0.717) is 28.1 Å². The van der Waals surface area contributed by atoms with Crippen molar-refractivity contribution >= 4 is 33.7 Å². The molecule has 2 N–H and O–H groups in total. The monoisotopic (exact) mass is 345 g/mol. The van der Waals surface area contributed by atoms with E-state index in [2.05, 4.69) is 19.9 Å². The van der Waals surface area contributed by atoms with Crippen molar-refractivity contribution in [3.63, 3.8) is 0 Å². The molecule has 0 atom stereocenters. The van der Waals surface area contributed by atoms with E-state index in [1.54, 1.807) is 12.1 Å². The molecule has 0 saturated heterocycles. The molecule has 3 aromatic heterocycles. The van der Waals surface area contributed by atoms with Crippen molar-refractivity contribution in [2.24, 2.45) is 0 Å². The Kier molecular flexibility index (Phi) is 3.08. The summed E-state index contributed by atoms with van der Waals surface area (Å²) >= 11 is 6.32. The average molecular weight is 346 g/mol. The molecule has 5 nitrogen and oxygen atoms in total. The SMILES string of the molecule is Clc1cc(-c2nc3ccccc3[nH]2)nc(-c2nc3ccccc3[nH]2)c1. The molecule has 3 heterocycles. The molecule has 0 amide bonds. The van der Waals surface area contributed by atoms with Gasteiger partial charge in [0.25, 0.3) is 0 Å². The van der Waals surface area contributed by atoms with E-state index < -0.39 is 0 Å². The van der Waals surface area contributed by atoms with Crippen LogP contribution in [0.15, 0.2) is 60.7 Å². The number of H-pyrrole nitrogens is 2. The highest BCUT2D eigenvalue weighted by Gasteiger charge is 2.12. The number of fused-ring (bicyclic) bond motifs is 2. The van der Waals surface area contributed by atoms with Crippen LogP contribution in [0.4, 0.5) is 0 Å². The molecule has 0 bridgehead atoms. The number of nitrogens with one attached hydrogen (secondary N) is 2. The molecule has 25 heavy (non-hydrogen) atoms. The minimum absolute atomic E-state index is 0.584. The average Bonchev–Trinajstić information content (AvgIpc) is 3.25. The van der Waals surface area contributed by atoms with Crippen LogP contribution in [0.5, 0.6) is 0 Å². The number of rotatable bonds is 2. The zero-order chi connectivity index (χ0) is 16.8. The molecule has 6 heteroatoms. The van der Waals surface area contributed by atoms with Crippen molar-refractivity contribution in [1.29, 1.82) is 0 Å². The Balaban J connectivity index is 1.66. The molecule has 0 saturated carbocycles. The van der Waals surface area contributed by atoms with Gasteiger partial charge in [-0.2, -0.15) is 0 Å². The summed E-state index contributed by atoms with van der Waals surface area (Å²) in [6, 6.07) is 19.3. The Morgan fingerprint density at radius 2 is 1.12 bits per heavy atom. The topological polar surface area (TPSA) is 70.2 Å². The molecule has 120 valence electrons. The summed E-state index contributed by atoms with van der Waals surface area (Å²) in [7, 11) is 0. The van der Waals surface area contributed by atoms with E-state index >= 15 is 0 Å². The second kappa shape index (κ2) is 5.43. The molecular formula is C19H12ClN5. The third-order valence-electron chi connectivity index (χ3n) is 4.05. The first-order valence-electron chi connectivity index (χ1n) is 7.84. The number of benzene rings is 2. The second-order valence-electron chi connectivity index (χ2n) is 5.76. The van der Waals surface area contributed by atoms with Gasteiger partial charge in [-0.25, -0.2) is 15.0 Å². The largest absolute Gasteiger partial charge is 0.337 e. The maximum atomic E-state index is 6.32. The van der Waals surface area contributed by atoms with Crippen molar-refractivity contribution in [2.75, 3.05) is 0 Å². The van der Waals surface area contributed by atoms with Crippen LogP contribution in [0, 0.1) is 0 Å². The number of pyridine rings is 1. The van der Waals surface area contributed by atoms with Crippen LogP contribution < -0.4 is 0 Å². The number of nitrogens with zero attached hydrogens (tertiary/aromatic N) is 3. The van der Waals surface area contributed by atoms with Crippen LogP contribution in [0.25, 0.3) is 45.1 Å². The summed E-state index contributed by atoms with van der Waals surface area (Å²) in [5.74, 6) is 1.36. The van der Waals surface area contributed by atoms with E-state index in [9.17, 15) is 0 Å². The van der Waals surface area contributed by atoms with E-state index in [0.717, 1.165) is 22.1 Å². The van der Waals surface area contributed by atoms with Gasteiger partial charge in [-0.05, 0) is 36.4 Å². The summed E-state index contributed by atoms with van der Waals surface area (Å²) in [6.07, 6.45) is 0. The first kappa shape index (κ1) is 14.2. The summed E-state index contributed by atoms with van der Waals surface area (Å²) in [5.41, 5.74) is 5.07. The number of aromatic nitrogens is 5. The van der Waals surface area contributed by atoms with Gasteiger partial charge in [0.15, 0.2) is 11.6 Å². The van der Waals surface area contributed by atoms with Crippen molar-refractivity contribution in [2.45, 2.75) is 0 Å². The normalized spacial score (nSPS) is 11.4. The third kappa shape index (κ3) is 2.45. The number of aromatic amines is 2. The summed E-state index contributed by atoms with van der Waals surface area (Å²) in [4.78, 5) is 20.4. The van der Waals surface area contributed by atoms with Crippen molar-refractivity contribution < 1.29 is 0 Å². The number of para-hydroxylation sites is 4. The van der Waals surface area contributed by atoms with Crippen molar-refractivity contribution in [3.05, 3.63) is 65.7 Å². The Hall–Kier alpha value is -3.18. The first-order valence-corrected chi connectivity index (χ1v) is 8.22. The summed E-state index contributed by atoms with van der Waals surface area (Å²) in [5, 5.41) is 0.584. The Morgan fingerprint density at radius 3 is 1.60 bits per heavy atom. The fourth-order valence-electron chi connectivity index (χ4n) is 2.89. The molecule has 0 unspecified atom stereocenters. The second-order valence-corrected chi connectivity index (χ2v) is 6.20. The van der Waals surface area contributed by atoms with Crippen LogP contribution >= 0.6 is 11.6 Å². The predicted molar refractivity (Wildman–Crippen MR) is 99.4 cm³/mol. The van der Waals surface area contributed by atoms with Gasteiger partial charge in [0.2, 0.25) is 0 Å². The number of imidazole rings is 2. The van der Waals surface area contributed by atoms with Gasteiger partial charge in [0.1, 0.15) is 11.4 Å². The molecule has 5 aromatic rings. The Morgan fingerprint density at radius 1 is 0.640 bits per heavy atom. The maximum Gasteiger partial charge on any atom is 0.157 e. The highest BCUT2D eigenvalue weighted by molar-refractivity contribution is 6.31. The van der Waals surface area contributed by atoms with Gasteiger partial charge < -0.3 is 9.97 Å². The van der Waals surface area contributed by atoms with Gasteiger partial charge in [-0.3, -0.25) is 0 Å². The van der Waals surface area contributed by atoms with E-state index in [1.807, 2.05) is 48.5 Å². The van der Waals surface area contributed by atoms with E-state index in [1.165, 1.54) is 0 Å². The Bertz CT molecular complexity index is 1060. The third-order valence-corrected chi connectivity index (χ3v) is 4.27. The number of hydrogen-bond donors (Lipinski definition) is 2. The smallest absolute Gasteiger partial charge is 0.157 e. The van der Waals surface area contributed by atoms with Gasteiger partial charge >= 0.3 is 0 Å². The summed E-state index contributed by atoms with van der Waals surface area (Å²) < 4.78 is 0. The molecule has 0 aliphatic rings. The highest BCUT2D eigenvalue weighted by atomic mass is 35.5. The minimum atomic E-state index is 0.584. The van der Waals surface area contributed by atoms with Crippen LogP contribution in [0.3, 0.4) is 0 Å². The molecule has 5 rings (SSSR count). The quantitative estimate of drug-likeness (QED) is 0.481. The van der Waals surface area contributed by atoms with Crippen LogP contribution in [0.2, 0.25) is 5.02 Å². The minimum Gasteiger partial charge on any atom is -0.337 e. The molecular weight excluding hydrogens is 334 g/mol. The zero-order valence-electron chi connectivity index (χ0n) is 13.0. The molecule has 0 fully saturated rings. The molecule has 0 aliphatic heterocycles. The molecule has 0 radical (unpaired) electrons. The lowest BCUT2D eigenvalue weighted by Crippen LogP contribution is -1.91. The van der Waals surface area contributed by atoms with Gasteiger partial charge in [0, 0.05) is 5.02 Å². The number of hydrogen-bond acceptors (Lipinski definition) is 3.